The van der Waals surface area contributed by atoms with Crippen LogP contribution in [-0.4, -0.2) is 35.7 Å². The van der Waals surface area contributed by atoms with Crippen molar-refractivity contribution in [2.75, 3.05) is 13.2 Å². The summed E-state index contributed by atoms with van der Waals surface area (Å²) in [5.41, 5.74) is -0.523. The van der Waals surface area contributed by atoms with E-state index in [4.69, 9.17) is 9.84 Å². The van der Waals surface area contributed by atoms with Crippen LogP contribution in [0, 0.1) is 0 Å². The third kappa shape index (κ3) is 5.87. The SMILES string of the molecule is C=CCOCCCC(=O)NC1(CC(=O)O)CCCC1. The molecule has 0 spiro atoms. The molecule has 108 valence electrons. The van der Waals surface area contributed by atoms with Crippen molar-refractivity contribution in [3.05, 3.63) is 12.7 Å². The summed E-state index contributed by atoms with van der Waals surface area (Å²) in [5, 5.41) is 11.9. The summed E-state index contributed by atoms with van der Waals surface area (Å²) in [6.45, 7) is 4.55. The van der Waals surface area contributed by atoms with Crippen LogP contribution >= 0.6 is 0 Å². The fraction of sp³-hybridized carbons (Fsp3) is 0.714. The van der Waals surface area contributed by atoms with Crippen LogP contribution in [0.4, 0.5) is 0 Å². The Kier molecular flexibility index (Phi) is 6.56. The van der Waals surface area contributed by atoms with Gasteiger partial charge in [-0.1, -0.05) is 18.9 Å². The van der Waals surface area contributed by atoms with Crippen LogP contribution in [0.15, 0.2) is 12.7 Å². The summed E-state index contributed by atoms with van der Waals surface area (Å²) in [6, 6.07) is 0. The van der Waals surface area contributed by atoms with Crippen LogP contribution in [-0.2, 0) is 14.3 Å². The molecule has 0 aromatic rings. The number of nitrogens with one attached hydrogen (secondary N) is 1. The van der Waals surface area contributed by atoms with Crippen LogP contribution < -0.4 is 5.32 Å². The zero-order valence-electron chi connectivity index (χ0n) is 11.3. The van der Waals surface area contributed by atoms with E-state index in [2.05, 4.69) is 11.9 Å². The summed E-state index contributed by atoms with van der Waals surface area (Å²) in [6.07, 6.45) is 6.19. The zero-order valence-corrected chi connectivity index (χ0v) is 11.3. The van der Waals surface area contributed by atoms with Crippen molar-refractivity contribution in [1.29, 1.82) is 0 Å². The van der Waals surface area contributed by atoms with Crippen LogP contribution in [0.1, 0.15) is 44.9 Å². The van der Waals surface area contributed by atoms with E-state index in [1.54, 1.807) is 6.08 Å². The van der Waals surface area contributed by atoms with Crippen LogP contribution in [0.2, 0.25) is 0 Å². The average molecular weight is 269 g/mol. The lowest BCUT2D eigenvalue weighted by molar-refractivity contribution is -0.139. The number of carbonyl (C=O) groups excluding carboxylic acids is 1. The first kappa shape index (κ1) is 15.7. The van der Waals surface area contributed by atoms with E-state index in [1.807, 2.05) is 0 Å². The second-order valence-corrected chi connectivity index (χ2v) is 5.07. The molecule has 1 fully saturated rings. The van der Waals surface area contributed by atoms with Crippen molar-refractivity contribution in [3.8, 4) is 0 Å². The van der Waals surface area contributed by atoms with Gasteiger partial charge in [0.25, 0.3) is 0 Å². The maximum Gasteiger partial charge on any atom is 0.305 e. The molecule has 0 bridgehead atoms. The molecule has 19 heavy (non-hydrogen) atoms. The van der Waals surface area contributed by atoms with E-state index in [9.17, 15) is 9.59 Å². The summed E-state index contributed by atoms with van der Waals surface area (Å²) >= 11 is 0. The molecule has 0 saturated heterocycles. The molecule has 0 aliphatic heterocycles. The van der Waals surface area contributed by atoms with Crippen LogP contribution in [0.5, 0.6) is 0 Å². The number of rotatable bonds is 9. The highest BCUT2D eigenvalue weighted by atomic mass is 16.5. The molecule has 1 rings (SSSR count). The number of amides is 1. The Morgan fingerprint density at radius 2 is 2.05 bits per heavy atom. The van der Waals surface area contributed by atoms with Crippen molar-refractivity contribution in [2.45, 2.75) is 50.5 Å². The fourth-order valence-corrected chi connectivity index (χ4v) is 2.55. The van der Waals surface area contributed by atoms with Gasteiger partial charge in [0, 0.05) is 13.0 Å². The van der Waals surface area contributed by atoms with Gasteiger partial charge in [0.2, 0.25) is 5.91 Å². The van der Waals surface area contributed by atoms with E-state index >= 15 is 0 Å². The standard InChI is InChI=1S/C14H23NO4/c1-2-9-19-10-5-6-12(16)15-14(11-13(17)18)7-3-4-8-14/h2H,1,3-11H2,(H,15,16)(H,17,18). The monoisotopic (exact) mass is 269 g/mol. The molecular weight excluding hydrogens is 246 g/mol. The Labute approximate surface area is 114 Å². The fourth-order valence-electron chi connectivity index (χ4n) is 2.55. The summed E-state index contributed by atoms with van der Waals surface area (Å²) in [5.74, 6) is -0.929. The van der Waals surface area contributed by atoms with E-state index in [0.29, 0.717) is 26.1 Å². The maximum atomic E-state index is 11.8. The molecule has 2 N–H and O–H groups in total. The predicted molar refractivity (Wildman–Crippen MR) is 71.8 cm³/mol. The Morgan fingerprint density at radius 1 is 1.37 bits per heavy atom. The number of ether oxygens (including phenoxy) is 1. The molecule has 0 aromatic heterocycles. The van der Waals surface area contributed by atoms with Gasteiger partial charge < -0.3 is 15.2 Å². The summed E-state index contributed by atoms with van der Waals surface area (Å²) in [7, 11) is 0. The summed E-state index contributed by atoms with van der Waals surface area (Å²) in [4.78, 5) is 22.7. The van der Waals surface area contributed by atoms with Gasteiger partial charge in [0.05, 0.1) is 18.6 Å². The molecule has 1 saturated carbocycles. The van der Waals surface area contributed by atoms with Gasteiger partial charge in [-0.2, -0.15) is 0 Å². The number of hydrogen-bond acceptors (Lipinski definition) is 3. The quantitative estimate of drug-likeness (QED) is 0.495. The van der Waals surface area contributed by atoms with Gasteiger partial charge in [-0.05, 0) is 19.3 Å². The molecule has 0 atom stereocenters. The first-order valence-electron chi connectivity index (χ1n) is 6.79. The molecule has 5 nitrogen and oxygen atoms in total. The van der Waals surface area contributed by atoms with E-state index in [-0.39, 0.29) is 12.3 Å². The Morgan fingerprint density at radius 3 is 2.63 bits per heavy atom. The molecule has 5 heteroatoms. The lowest BCUT2D eigenvalue weighted by atomic mass is 9.93. The van der Waals surface area contributed by atoms with E-state index in [0.717, 1.165) is 25.7 Å². The molecule has 1 amide bonds. The summed E-state index contributed by atoms with van der Waals surface area (Å²) < 4.78 is 5.20. The largest absolute Gasteiger partial charge is 0.481 e. The first-order chi connectivity index (χ1) is 9.08. The van der Waals surface area contributed by atoms with Gasteiger partial charge >= 0.3 is 5.97 Å². The van der Waals surface area contributed by atoms with Crippen molar-refractivity contribution in [3.63, 3.8) is 0 Å². The van der Waals surface area contributed by atoms with E-state index < -0.39 is 11.5 Å². The first-order valence-corrected chi connectivity index (χ1v) is 6.79. The number of hydrogen-bond donors (Lipinski definition) is 2. The van der Waals surface area contributed by atoms with Gasteiger partial charge in [-0.25, -0.2) is 0 Å². The number of carbonyl (C=O) groups is 2. The minimum absolute atomic E-state index is 0.0195. The van der Waals surface area contributed by atoms with Crippen molar-refractivity contribution < 1.29 is 19.4 Å². The zero-order chi connectivity index (χ0) is 14.1. The topological polar surface area (TPSA) is 75.6 Å². The van der Waals surface area contributed by atoms with Crippen LogP contribution in [0.3, 0.4) is 0 Å². The van der Waals surface area contributed by atoms with Crippen molar-refractivity contribution >= 4 is 11.9 Å². The van der Waals surface area contributed by atoms with Crippen molar-refractivity contribution in [2.24, 2.45) is 0 Å². The van der Waals surface area contributed by atoms with E-state index in [1.165, 1.54) is 0 Å². The van der Waals surface area contributed by atoms with Crippen LogP contribution in [0.25, 0.3) is 0 Å². The highest BCUT2D eigenvalue weighted by molar-refractivity contribution is 5.78. The lowest BCUT2D eigenvalue weighted by Crippen LogP contribution is -2.47. The Bertz CT molecular complexity index is 321. The minimum atomic E-state index is -0.850. The minimum Gasteiger partial charge on any atom is -0.481 e. The second-order valence-electron chi connectivity index (χ2n) is 5.07. The molecule has 0 unspecified atom stereocenters. The maximum absolute atomic E-state index is 11.8. The molecule has 0 radical (unpaired) electrons. The molecule has 1 aliphatic carbocycles. The molecular formula is C14H23NO4. The Hall–Kier alpha value is -1.36. The van der Waals surface area contributed by atoms with Crippen molar-refractivity contribution in [1.82, 2.24) is 5.32 Å². The normalized spacial score (nSPS) is 17.1. The van der Waals surface area contributed by atoms with Gasteiger partial charge in [-0.15, -0.1) is 6.58 Å². The van der Waals surface area contributed by atoms with Gasteiger partial charge in [0.1, 0.15) is 0 Å². The third-order valence-electron chi connectivity index (χ3n) is 3.38. The number of aliphatic carboxylic acids is 1. The third-order valence-corrected chi connectivity index (χ3v) is 3.38. The highest BCUT2D eigenvalue weighted by Gasteiger charge is 2.37. The number of carboxylic acid groups (broad SMARTS) is 1. The molecule has 1 aliphatic rings. The average Bonchev–Trinajstić information content (AvgIpc) is 2.76. The molecule has 0 aromatic carbocycles. The predicted octanol–water partition coefficient (Wildman–Crippen LogP) is 1.87. The van der Waals surface area contributed by atoms with Gasteiger partial charge in [0.15, 0.2) is 0 Å². The lowest BCUT2D eigenvalue weighted by Gasteiger charge is -2.28. The molecule has 0 heterocycles. The second kappa shape index (κ2) is 7.94. The number of carboxylic acids is 1. The highest BCUT2D eigenvalue weighted by Crippen LogP contribution is 2.32. The Balaban J connectivity index is 2.31. The smallest absolute Gasteiger partial charge is 0.305 e. The van der Waals surface area contributed by atoms with Gasteiger partial charge in [-0.3, -0.25) is 9.59 Å².